The molecular weight excluding hydrogens is 370 g/mol. The first-order chi connectivity index (χ1) is 14.1. The van der Waals surface area contributed by atoms with Crippen LogP contribution < -0.4 is 14.8 Å². The van der Waals surface area contributed by atoms with Gasteiger partial charge in [-0.1, -0.05) is 36.4 Å². The lowest BCUT2D eigenvalue weighted by Crippen LogP contribution is -2.29. The second-order valence-electron chi connectivity index (χ2n) is 6.32. The molecule has 0 heterocycles. The molecule has 1 unspecified atom stereocenters. The molecule has 0 saturated heterocycles. The molecule has 0 aromatic heterocycles. The topological polar surface area (TPSA) is 77.0 Å². The molecule has 1 amide bonds. The summed E-state index contributed by atoms with van der Waals surface area (Å²) in [4.78, 5) is 12.6. The first-order valence-electron chi connectivity index (χ1n) is 9.08. The van der Waals surface area contributed by atoms with Gasteiger partial charge in [0.2, 0.25) is 0 Å². The highest BCUT2D eigenvalue weighted by molar-refractivity contribution is 5.94. The summed E-state index contributed by atoms with van der Waals surface area (Å²) in [5.41, 5.74) is 2.20. The van der Waals surface area contributed by atoms with Crippen molar-refractivity contribution in [3.05, 3.63) is 89.5 Å². The molecule has 0 spiro atoms. The quantitative estimate of drug-likeness (QED) is 0.565. The van der Waals surface area contributed by atoms with Gasteiger partial charge in [-0.05, 0) is 42.0 Å². The number of amides is 1. The van der Waals surface area contributed by atoms with Gasteiger partial charge in [0.05, 0.1) is 7.11 Å². The van der Waals surface area contributed by atoms with E-state index in [-0.39, 0.29) is 11.7 Å². The van der Waals surface area contributed by atoms with E-state index in [0.717, 1.165) is 5.56 Å². The largest absolute Gasteiger partial charge is 0.504 e. The van der Waals surface area contributed by atoms with Crippen molar-refractivity contribution in [3.63, 3.8) is 0 Å². The number of rotatable bonds is 8. The lowest BCUT2D eigenvalue weighted by molar-refractivity contribution is 0.0574. The standard InChI is InChI=1S/C23H23NO5/c1-27-21-14-18(10-13-20(21)25)23(28-2)24-22(26)17-8-11-19(12-9-17)29-15-16-6-4-3-5-7-16/h3-14,23,25H,15H2,1-2H3,(H,24,26). The van der Waals surface area contributed by atoms with E-state index < -0.39 is 6.23 Å². The smallest absolute Gasteiger partial charge is 0.253 e. The summed E-state index contributed by atoms with van der Waals surface area (Å²) in [6.07, 6.45) is -0.689. The van der Waals surface area contributed by atoms with Crippen LogP contribution in [0, 0.1) is 0 Å². The Labute approximate surface area is 169 Å². The molecule has 3 rings (SSSR count). The normalized spacial score (nSPS) is 11.5. The van der Waals surface area contributed by atoms with Crippen molar-refractivity contribution in [2.75, 3.05) is 14.2 Å². The summed E-state index contributed by atoms with van der Waals surface area (Å²) in [6, 6.07) is 21.5. The molecule has 0 aliphatic rings. The third-order valence-corrected chi connectivity index (χ3v) is 4.37. The molecule has 0 bridgehead atoms. The van der Waals surface area contributed by atoms with Gasteiger partial charge in [-0.25, -0.2) is 0 Å². The van der Waals surface area contributed by atoms with Crippen LogP contribution in [0.5, 0.6) is 17.2 Å². The Hall–Kier alpha value is -3.51. The Morgan fingerprint density at radius 2 is 1.72 bits per heavy atom. The highest BCUT2D eigenvalue weighted by Gasteiger charge is 2.17. The summed E-state index contributed by atoms with van der Waals surface area (Å²) < 4.78 is 16.2. The molecule has 6 nitrogen and oxygen atoms in total. The molecule has 0 aliphatic heterocycles. The van der Waals surface area contributed by atoms with E-state index in [1.165, 1.54) is 20.3 Å². The van der Waals surface area contributed by atoms with Crippen LogP contribution in [-0.4, -0.2) is 25.2 Å². The molecule has 1 atom stereocenters. The van der Waals surface area contributed by atoms with Crippen LogP contribution in [0.4, 0.5) is 0 Å². The number of carbonyl (C=O) groups is 1. The predicted molar refractivity (Wildman–Crippen MR) is 109 cm³/mol. The minimum atomic E-state index is -0.689. The fourth-order valence-corrected chi connectivity index (χ4v) is 2.78. The zero-order chi connectivity index (χ0) is 20.6. The van der Waals surface area contributed by atoms with Gasteiger partial charge in [-0.3, -0.25) is 4.79 Å². The third kappa shape index (κ3) is 5.27. The van der Waals surface area contributed by atoms with Crippen LogP contribution in [0.1, 0.15) is 27.7 Å². The average molecular weight is 393 g/mol. The van der Waals surface area contributed by atoms with Crippen molar-refractivity contribution in [1.82, 2.24) is 5.32 Å². The fourth-order valence-electron chi connectivity index (χ4n) is 2.78. The maximum Gasteiger partial charge on any atom is 0.253 e. The van der Waals surface area contributed by atoms with Gasteiger partial charge in [-0.15, -0.1) is 0 Å². The van der Waals surface area contributed by atoms with Gasteiger partial charge in [-0.2, -0.15) is 0 Å². The maximum absolute atomic E-state index is 12.6. The number of benzene rings is 3. The molecule has 150 valence electrons. The van der Waals surface area contributed by atoms with E-state index >= 15 is 0 Å². The molecular formula is C23H23NO5. The Balaban J connectivity index is 1.63. The van der Waals surface area contributed by atoms with E-state index in [4.69, 9.17) is 14.2 Å². The maximum atomic E-state index is 12.6. The van der Waals surface area contributed by atoms with E-state index in [1.807, 2.05) is 30.3 Å². The molecule has 0 fully saturated rings. The number of carbonyl (C=O) groups excluding carboxylic acids is 1. The number of hydrogen-bond acceptors (Lipinski definition) is 5. The average Bonchev–Trinajstić information content (AvgIpc) is 2.77. The number of phenolic OH excluding ortho intramolecular Hbond substituents is 1. The molecule has 2 N–H and O–H groups in total. The van der Waals surface area contributed by atoms with Crippen LogP contribution >= 0.6 is 0 Å². The van der Waals surface area contributed by atoms with Gasteiger partial charge in [0.1, 0.15) is 12.4 Å². The van der Waals surface area contributed by atoms with Crippen LogP contribution in [0.25, 0.3) is 0 Å². The van der Waals surface area contributed by atoms with Crippen molar-refractivity contribution in [2.45, 2.75) is 12.8 Å². The first-order valence-corrected chi connectivity index (χ1v) is 9.08. The zero-order valence-electron chi connectivity index (χ0n) is 16.3. The summed E-state index contributed by atoms with van der Waals surface area (Å²) in [5, 5.41) is 12.5. The van der Waals surface area contributed by atoms with Crippen molar-refractivity contribution in [2.24, 2.45) is 0 Å². The number of methoxy groups -OCH3 is 2. The van der Waals surface area contributed by atoms with E-state index in [2.05, 4.69) is 5.32 Å². The molecule has 0 aliphatic carbocycles. The zero-order valence-corrected chi connectivity index (χ0v) is 16.3. The predicted octanol–water partition coefficient (Wildman–Crippen LogP) is 4.05. The van der Waals surface area contributed by atoms with Gasteiger partial charge < -0.3 is 24.6 Å². The van der Waals surface area contributed by atoms with Crippen LogP contribution in [-0.2, 0) is 11.3 Å². The number of hydrogen-bond donors (Lipinski definition) is 2. The summed E-state index contributed by atoms with van der Waals surface area (Å²) in [6.45, 7) is 0.459. The molecule has 0 saturated carbocycles. The van der Waals surface area contributed by atoms with Gasteiger partial charge in [0, 0.05) is 18.2 Å². The fraction of sp³-hybridized carbons (Fsp3) is 0.174. The second-order valence-corrected chi connectivity index (χ2v) is 6.32. The summed E-state index contributed by atoms with van der Waals surface area (Å²) in [5.74, 6) is 0.706. The van der Waals surface area contributed by atoms with E-state index in [0.29, 0.717) is 29.2 Å². The van der Waals surface area contributed by atoms with Crippen LogP contribution in [0.2, 0.25) is 0 Å². The minimum absolute atomic E-state index is 0.0171. The Morgan fingerprint density at radius 1 is 1.00 bits per heavy atom. The van der Waals surface area contributed by atoms with E-state index in [9.17, 15) is 9.90 Å². The lowest BCUT2D eigenvalue weighted by Gasteiger charge is -2.18. The van der Waals surface area contributed by atoms with Gasteiger partial charge in [0.15, 0.2) is 17.7 Å². The van der Waals surface area contributed by atoms with Gasteiger partial charge in [0.25, 0.3) is 5.91 Å². The SMILES string of the molecule is COc1cc(C(NC(=O)c2ccc(OCc3ccccc3)cc2)OC)ccc1O. The lowest BCUT2D eigenvalue weighted by atomic mass is 10.1. The molecule has 3 aromatic carbocycles. The molecule has 29 heavy (non-hydrogen) atoms. The summed E-state index contributed by atoms with van der Waals surface area (Å²) >= 11 is 0. The number of nitrogens with one attached hydrogen (secondary N) is 1. The van der Waals surface area contributed by atoms with Crippen molar-refractivity contribution >= 4 is 5.91 Å². The second kappa shape index (κ2) is 9.61. The molecule has 0 radical (unpaired) electrons. The Kier molecular flexibility index (Phi) is 6.71. The highest BCUT2D eigenvalue weighted by Crippen LogP contribution is 2.29. The Bertz CT molecular complexity index is 941. The number of ether oxygens (including phenoxy) is 3. The monoisotopic (exact) mass is 393 g/mol. The Morgan fingerprint density at radius 3 is 2.38 bits per heavy atom. The van der Waals surface area contributed by atoms with Crippen LogP contribution in [0.15, 0.2) is 72.8 Å². The third-order valence-electron chi connectivity index (χ3n) is 4.37. The minimum Gasteiger partial charge on any atom is -0.504 e. The summed E-state index contributed by atoms with van der Waals surface area (Å²) in [7, 11) is 2.95. The molecule has 6 heteroatoms. The van der Waals surface area contributed by atoms with Crippen molar-refractivity contribution in [1.29, 1.82) is 0 Å². The first kappa shape index (κ1) is 20.2. The number of phenols is 1. The van der Waals surface area contributed by atoms with Gasteiger partial charge >= 0.3 is 0 Å². The van der Waals surface area contributed by atoms with Crippen molar-refractivity contribution in [3.8, 4) is 17.2 Å². The molecule has 3 aromatic rings. The number of aromatic hydroxyl groups is 1. The van der Waals surface area contributed by atoms with Crippen molar-refractivity contribution < 1.29 is 24.1 Å². The van der Waals surface area contributed by atoms with Crippen LogP contribution in [0.3, 0.4) is 0 Å². The highest BCUT2D eigenvalue weighted by atomic mass is 16.5. The van der Waals surface area contributed by atoms with E-state index in [1.54, 1.807) is 36.4 Å².